The monoisotopic (exact) mass is 293 g/mol. The van der Waals surface area contributed by atoms with E-state index in [0.717, 1.165) is 22.6 Å². The number of benzene rings is 2. The van der Waals surface area contributed by atoms with Crippen molar-refractivity contribution < 1.29 is 9.50 Å². The van der Waals surface area contributed by atoms with E-state index in [2.05, 4.69) is 12.2 Å². The van der Waals surface area contributed by atoms with Gasteiger partial charge in [-0.1, -0.05) is 35.9 Å². The van der Waals surface area contributed by atoms with Crippen molar-refractivity contribution in [1.29, 1.82) is 0 Å². The van der Waals surface area contributed by atoms with Crippen molar-refractivity contribution in [1.82, 2.24) is 5.32 Å². The van der Waals surface area contributed by atoms with E-state index >= 15 is 0 Å². The lowest BCUT2D eigenvalue weighted by Crippen LogP contribution is -2.27. The Morgan fingerprint density at radius 3 is 2.70 bits per heavy atom. The fourth-order valence-electron chi connectivity index (χ4n) is 2.02. The van der Waals surface area contributed by atoms with Crippen LogP contribution in [0, 0.1) is 5.82 Å². The van der Waals surface area contributed by atoms with E-state index in [1.54, 1.807) is 6.07 Å². The summed E-state index contributed by atoms with van der Waals surface area (Å²) >= 11 is 6.12. The van der Waals surface area contributed by atoms with E-state index in [1.807, 2.05) is 24.3 Å². The van der Waals surface area contributed by atoms with E-state index < -0.39 is 5.82 Å². The minimum Gasteiger partial charge on any atom is -0.505 e. The van der Waals surface area contributed by atoms with Gasteiger partial charge >= 0.3 is 0 Å². The zero-order valence-electron chi connectivity index (χ0n) is 11.2. The SMILES string of the molecule is CC(Cc1ccccc1Cl)NCc1ccc(O)c(F)c1. The molecule has 4 heteroatoms. The molecule has 2 aromatic carbocycles. The van der Waals surface area contributed by atoms with Crippen LogP contribution in [-0.2, 0) is 13.0 Å². The third-order valence-electron chi connectivity index (χ3n) is 3.15. The molecule has 2 rings (SSSR count). The first-order chi connectivity index (χ1) is 9.56. The van der Waals surface area contributed by atoms with Crippen LogP contribution in [-0.4, -0.2) is 11.1 Å². The Bertz CT molecular complexity index is 588. The van der Waals surface area contributed by atoms with Crippen LogP contribution in [0.1, 0.15) is 18.1 Å². The number of nitrogens with one attached hydrogen (secondary N) is 1. The highest BCUT2D eigenvalue weighted by Gasteiger charge is 2.07. The molecule has 0 fully saturated rings. The molecule has 0 spiro atoms. The Balaban J connectivity index is 1.90. The Hall–Kier alpha value is -1.58. The lowest BCUT2D eigenvalue weighted by atomic mass is 10.1. The average molecular weight is 294 g/mol. The molecule has 1 atom stereocenters. The lowest BCUT2D eigenvalue weighted by Gasteiger charge is -2.15. The van der Waals surface area contributed by atoms with Crippen LogP contribution in [0.5, 0.6) is 5.75 Å². The van der Waals surface area contributed by atoms with E-state index in [1.165, 1.54) is 12.1 Å². The van der Waals surface area contributed by atoms with Gasteiger partial charge in [0.15, 0.2) is 11.6 Å². The standard InChI is InChI=1S/C16H17ClFNO/c1-11(8-13-4-2-3-5-14(13)17)19-10-12-6-7-16(20)15(18)9-12/h2-7,9,11,19-20H,8,10H2,1H3. The van der Waals surface area contributed by atoms with Gasteiger partial charge in [0.25, 0.3) is 0 Å². The molecule has 0 heterocycles. The largest absolute Gasteiger partial charge is 0.505 e. The Kier molecular flexibility index (Phi) is 4.99. The summed E-state index contributed by atoms with van der Waals surface area (Å²) in [6.07, 6.45) is 0.806. The van der Waals surface area contributed by atoms with Gasteiger partial charge in [0.2, 0.25) is 0 Å². The molecular formula is C16H17ClFNO. The van der Waals surface area contributed by atoms with Crippen molar-refractivity contribution >= 4 is 11.6 Å². The van der Waals surface area contributed by atoms with E-state index in [9.17, 15) is 4.39 Å². The normalized spacial score (nSPS) is 12.3. The predicted octanol–water partition coefficient (Wildman–Crippen LogP) is 3.91. The van der Waals surface area contributed by atoms with Gasteiger partial charge in [-0.3, -0.25) is 0 Å². The van der Waals surface area contributed by atoms with Crippen molar-refractivity contribution in [2.45, 2.75) is 25.9 Å². The summed E-state index contributed by atoms with van der Waals surface area (Å²) in [7, 11) is 0. The third kappa shape index (κ3) is 3.95. The molecule has 0 radical (unpaired) electrons. The summed E-state index contributed by atoms with van der Waals surface area (Å²) in [6, 6.07) is 12.4. The van der Waals surface area contributed by atoms with Gasteiger partial charge in [-0.25, -0.2) is 4.39 Å². The quantitative estimate of drug-likeness (QED) is 0.876. The summed E-state index contributed by atoms with van der Waals surface area (Å²) in [5, 5.41) is 13.2. The van der Waals surface area contributed by atoms with E-state index in [-0.39, 0.29) is 11.8 Å². The second kappa shape index (κ2) is 6.73. The van der Waals surface area contributed by atoms with Crippen molar-refractivity contribution in [3.63, 3.8) is 0 Å². The van der Waals surface area contributed by atoms with Crippen LogP contribution in [0.4, 0.5) is 4.39 Å². The van der Waals surface area contributed by atoms with Crippen molar-refractivity contribution in [2.24, 2.45) is 0 Å². The van der Waals surface area contributed by atoms with Crippen molar-refractivity contribution in [2.75, 3.05) is 0 Å². The van der Waals surface area contributed by atoms with Crippen molar-refractivity contribution in [3.8, 4) is 5.75 Å². The molecule has 0 aliphatic heterocycles. The molecule has 0 aromatic heterocycles. The van der Waals surface area contributed by atoms with Crippen LogP contribution < -0.4 is 5.32 Å². The maximum Gasteiger partial charge on any atom is 0.165 e. The summed E-state index contributed by atoms with van der Waals surface area (Å²) in [5.74, 6) is -0.916. The first kappa shape index (κ1) is 14.8. The van der Waals surface area contributed by atoms with Gasteiger partial charge in [0, 0.05) is 17.6 Å². The highest BCUT2D eigenvalue weighted by Crippen LogP contribution is 2.18. The van der Waals surface area contributed by atoms with Crippen LogP contribution >= 0.6 is 11.6 Å². The first-order valence-corrected chi connectivity index (χ1v) is 6.88. The molecule has 0 amide bonds. The highest BCUT2D eigenvalue weighted by atomic mass is 35.5. The Morgan fingerprint density at radius 2 is 2.00 bits per heavy atom. The second-order valence-electron chi connectivity index (χ2n) is 4.86. The molecule has 0 saturated carbocycles. The van der Waals surface area contributed by atoms with Crippen molar-refractivity contribution in [3.05, 3.63) is 64.4 Å². The number of phenolic OH excluding ortho intramolecular Hbond substituents is 1. The van der Waals surface area contributed by atoms with Gasteiger partial charge in [0.05, 0.1) is 0 Å². The third-order valence-corrected chi connectivity index (χ3v) is 3.52. The smallest absolute Gasteiger partial charge is 0.165 e. The minimum absolute atomic E-state index is 0.215. The summed E-state index contributed by atoms with van der Waals surface area (Å²) in [5.41, 5.74) is 1.89. The molecule has 1 unspecified atom stereocenters. The summed E-state index contributed by atoms with van der Waals surface area (Å²) in [4.78, 5) is 0. The average Bonchev–Trinajstić information content (AvgIpc) is 2.43. The van der Waals surface area contributed by atoms with Crippen LogP contribution in [0.3, 0.4) is 0 Å². The van der Waals surface area contributed by atoms with Gasteiger partial charge in [-0.2, -0.15) is 0 Å². The van der Waals surface area contributed by atoms with E-state index in [0.29, 0.717) is 6.54 Å². The zero-order chi connectivity index (χ0) is 14.5. The fourth-order valence-corrected chi connectivity index (χ4v) is 2.23. The molecule has 2 N–H and O–H groups in total. The molecule has 0 aliphatic carbocycles. The molecule has 106 valence electrons. The number of aromatic hydroxyl groups is 1. The van der Waals surface area contributed by atoms with Crippen LogP contribution in [0.15, 0.2) is 42.5 Å². The van der Waals surface area contributed by atoms with Crippen LogP contribution in [0.25, 0.3) is 0 Å². The maximum atomic E-state index is 13.2. The topological polar surface area (TPSA) is 32.3 Å². The number of rotatable bonds is 5. The molecular weight excluding hydrogens is 277 g/mol. The summed E-state index contributed by atoms with van der Waals surface area (Å²) < 4.78 is 13.2. The number of hydrogen-bond acceptors (Lipinski definition) is 2. The first-order valence-electron chi connectivity index (χ1n) is 6.50. The molecule has 2 nitrogen and oxygen atoms in total. The fraction of sp³-hybridized carbons (Fsp3) is 0.250. The van der Waals surface area contributed by atoms with Gasteiger partial charge in [-0.05, 0) is 42.7 Å². The van der Waals surface area contributed by atoms with Gasteiger partial charge in [0.1, 0.15) is 0 Å². The summed E-state index contributed by atoms with van der Waals surface area (Å²) in [6.45, 7) is 2.60. The highest BCUT2D eigenvalue weighted by molar-refractivity contribution is 6.31. The molecule has 0 bridgehead atoms. The molecule has 0 saturated heterocycles. The van der Waals surface area contributed by atoms with Gasteiger partial charge in [-0.15, -0.1) is 0 Å². The number of halogens is 2. The predicted molar refractivity (Wildman–Crippen MR) is 79.5 cm³/mol. The molecule has 2 aromatic rings. The lowest BCUT2D eigenvalue weighted by molar-refractivity contribution is 0.431. The van der Waals surface area contributed by atoms with E-state index in [4.69, 9.17) is 16.7 Å². The number of phenols is 1. The zero-order valence-corrected chi connectivity index (χ0v) is 12.0. The van der Waals surface area contributed by atoms with Crippen LogP contribution in [0.2, 0.25) is 5.02 Å². The minimum atomic E-state index is -0.594. The van der Waals surface area contributed by atoms with Gasteiger partial charge < -0.3 is 10.4 Å². The number of hydrogen-bond donors (Lipinski definition) is 2. The Labute approximate surface area is 123 Å². The Morgan fingerprint density at radius 1 is 1.25 bits per heavy atom. The maximum absolute atomic E-state index is 13.2. The second-order valence-corrected chi connectivity index (χ2v) is 5.27. The molecule has 0 aliphatic rings. The molecule has 20 heavy (non-hydrogen) atoms.